The summed E-state index contributed by atoms with van der Waals surface area (Å²) in [5.41, 5.74) is 3.09. The van der Waals surface area contributed by atoms with Crippen molar-refractivity contribution in [1.82, 2.24) is 10.6 Å². The number of fused-ring (bicyclic) bond motifs is 4. The highest BCUT2D eigenvalue weighted by atomic mass is 16.3. The molecule has 2 bridgehead atoms. The lowest BCUT2D eigenvalue weighted by atomic mass is 9.53. The van der Waals surface area contributed by atoms with E-state index in [-0.39, 0.29) is 5.41 Å². The number of nitrogens with one attached hydrogen (secondary N) is 2. The zero-order chi connectivity index (χ0) is 18.4. The number of benzene rings is 1. The van der Waals surface area contributed by atoms with Gasteiger partial charge in [0.1, 0.15) is 5.75 Å². The Morgan fingerprint density at radius 1 is 1.11 bits per heavy atom. The van der Waals surface area contributed by atoms with Crippen molar-refractivity contribution >= 4 is 0 Å². The van der Waals surface area contributed by atoms with Gasteiger partial charge in [0.15, 0.2) is 0 Å². The molecule has 1 aromatic rings. The van der Waals surface area contributed by atoms with E-state index >= 15 is 0 Å². The molecule has 4 unspecified atom stereocenters. The van der Waals surface area contributed by atoms with Crippen LogP contribution in [0.5, 0.6) is 5.75 Å². The van der Waals surface area contributed by atoms with Gasteiger partial charge in [-0.25, -0.2) is 0 Å². The number of rotatable bonds is 5. The average Bonchev–Trinajstić information content (AvgIpc) is 3.49. The van der Waals surface area contributed by atoms with Crippen molar-refractivity contribution in [3.63, 3.8) is 0 Å². The van der Waals surface area contributed by atoms with Crippen molar-refractivity contribution in [2.24, 2.45) is 23.7 Å². The van der Waals surface area contributed by atoms with E-state index in [0.29, 0.717) is 11.8 Å². The van der Waals surface area contributed by atoms with E-state index in [1.165, 1.54) is 82.1 Å². The molecule has 27 heavy (non-hydrogen) atoms. The molecule has 3 nitrogen and oxygen atoms in total. The highest BCUT2D eigenvalue weighted by molar-refractivity contribution is 5.44. The van der Waals surface area contributed by atoms with Crippen LogP contribution in [0, 0.1) is 23.7 Å². The highest BCUT2D eigenvalue weighted by Gasteiger charge is 2.51. The largest absolute Gasteiger partial charge is 0.508 e. The van der Waals surface area contributed by atoms with E-state index in [9.17, 15) is 5.11 Å². The zero-order valence-electron chi connectivity index (χ0n) is 16.8. The van der Waals surface area contributed by atoms with E-state index in [0.717, 1.165) is 23.7 Å². The van der Waals surface area contributed by atoms with Crippen molar-refractivity contribution < 1.29 is 5.11 Å². The second-order valence-electron chi connectivity index (χ2n) is 10.2. The summed E-state index contributed by atoms with van der Waals surface area (Å²) < 4.78 is 0. The predicted molar refractivity (Wildman–Crippen MR) is 110 cm³/mol. The van der Waals surface area contributed by atoms with Crippen molar-refractivity contribution in [1.29, 1.82) is 0 Å². The first-order valence-corrected chi connectivity index (χ1v) is 11.4. The van der Waals surface area contributed by atoms with Gasteiger partial charge in [-0.3, -0.25) is 0 Å². The molecule has 1 heterocycles. The Labute approximate surface area is 164 Å². The van der Waals surface area contributed by atoms with Crippen LogP contribution in [-0.2, 0) is 11.8 Å². The summed E-state index contributed by atoms with van der Waals surface area (Å²) in [6.07, 6.45) is 10.9. The summed E-state index contributed by atoms with van der Waals surface area (Å²) in [5.74, 6) is 3.93. The molecule has 0 radical (unpaired) electrons. The van der Waals surface area contributed by atoms with E-state index < -0.39 is 0 Å². The fourth-order valence-electron chi connectivity index (χ4n) is 6.54. The normalized spacial score (nSPS) is 36.4. The van der Waals surface area contributed by atoms with Crippen molar-refractivity contribution in [3.8, 4) is 5.75 Å². The number of aromatic hydroxyl groups is 1. The molecule has 1 aromatic carbocycles. The smallest absolute Gasteiger partial charge is 0.115 e. The summed E-state index contributed by atoms with van der Waals surface area (Å²) in [5, 5.41) is 17.8. The molecule has 1 saturated heterocycles. The third-order valence-corrected chi connectivity index (χ3v) is 8.34. The Bertz CT molecular complexity index is 679. The van der Waals surface area contributed by atoms with Gasteiger partial charge in [0.25, 0.3) is 0 Å². The lowest BCUT2D eigenvalue weighted by Crippen LogP contribution is -2.60. The van der Waals surface area contributed by atoms with Crippen LogP contribution in [0.25, 0.3) is 0 Å². The van der Waals surface area contributed by atoms with Gasteiger partial charge in [-0.05, 0) is 105 Å². The second kappa shape index (κ2) is 7.08. The molecule has 3 N–H and O–H groups in total. The number of hydrogen-bond acceptors (Lipinski definition) is 3. The Hall–Kier alpha value is -1.06. The molecule has 0 spiro atoms. The van der Waals surface area contributed by atoms with Crippen LogP contribution < -0.4 is 10.6 Å². The molecule has 0 amide bonds. The van der Waals surface area contributed by atoms with Gasteiger partial charge in [-0.2, -0.15) is 0 Å². The predicted octanol–water partition coefficient (Wildman–Crippen LogP) is 3.99. The van der Waals surface area contributed by atoms with Gasteiger partial charge in [0.2, 0.25) is 0 Å². The van der Waals surface area contributed by atoms with Crippen molar-refractivity contribution in [3.05, 3.63) is 29.3 Å². The van der Waals surface area contributed by atoms with Crippen LogP contribution in [0.3, 0.4) is 0 Å². The summed E-state index contributed by atoms with van der Waals surface area (Å²) in [6, 6.07) is 6.75. The summed E-state index contributed by atoms with van der Waals surface area (Å²) in [7, 11) is 0. The summed E-state index contributed by atoms with van der Waals surface area (Å²) in [6.45, 7) is 6.01. The Morgan fingerprint density at radius 3 is 2.70 bits per heavy atom. The van der Waals surface area contributed by atoms with E-state index in [2.05, 4.69) is 29.7 Å². The average molecular weight is 369 g/mol. The van der Waals surface area contributed by atoms with Gasteiger partial charge in [0, 0.05) is 11.5 Å². The first kappa shape index (κ1) is 18.0. The lowest BCUT2D eigenvalue weighted by molar-refractivity contribution is 0.0722. The summed E-state index contributed by atoms with van der Waals surface area (Å²) in [4.78, 5) is 0. The number of phenols is 1. The van der Waals surface area contributed by atoms with Crippen molar-refractivity contribution in [2.75, 3.05) is 19.6 Å². The Morgan fingerprint density at radius 2 is 1.93 bits per heavy atom. The van der Waals surface area contributed by atoms with Crippen LogP contribution >= 0.6 is 0 Å². The van der Waals surface area contributed by atoms with Gasteiger partial charge >= 0.3 is 0 Å². The molecule has 3 aliphatic carbocycles. The third kappa shape index (κ3) is 3.42. The van der Waals surface area contributed by atoms with E-state index in [1.807, 2.05) is 6.07 Å². The monoisotopic (exact) mass is 368 g/mol. The number of phenolic OH excluding ortho intramolecular Hbond substituents is 1. The van der Waals surface area contributed by atoms with Crippen LogP contribution in [-0.4, -0.2) is 30.8 Å². The fraction of sp³-hybridized carbons (Fsp3) is 0.750. The van der Waals surface area contributed by atoms with Crippen molar-refractivity contribution in [2.45, 2.75) is 69.7 Å². The Kier molecular flexibility index (Phi) is 4.72. The molecule has 1 aliphatic heterocycles. The van der Waals surface area contributed by atoms with E-state index in [4.69, 9.17) is 0 Å². The molecule has 148 valence electrons. The molecular weight excluding hydrogens is 332 g/mol. The number of hydrogen-bond donors (Lipinski definition) is 3. The first-order valence-electron chi connectivity index (χ1n) is 11.4. The molecular formula is C24H36N2O. The minimum atomic E-state index is 0.171. The van der Waals surface area contributed by atoms with Crippen LogP contribution in [0.2, 0.25) is 0 Å². The van der Waals surface area contributed by atoms with Crippen LogP contribution in [0.1, 0.15) is 63.0 Å². The standard InChI is InChI=1S/C24H36N2O/c1-24-9-6-18(12-16-2-3-16)21(13-19-4-5-20(27)14-22(19)24)23(24)26-15-17-7-10-25-11-8-17/h4-5,14,16-18,21,23,25-27H,2-3,6-13,15H2,1H3. The lowest BCUT2D eigenvalue weighted by Gasteiger charge is -2.55. The molecule has 0 aromatic heterocycles. The van der Waals surface area contributed by atoms with Crippen LogP contribution in [0.4, 0.5) is 0 Å². The highest BCUT2D eigenvalue weighted by Crippen LogP contribution is 2.54. The number of piperidine rings is 1. The Balaban J connectivity index is 1.42. The quantitative estimate of drug-likeness (QED) is 0.736. The second-order valence-corrected chi connectivity index (χ2v) is 10.2. The zero-order valence-corrected chi connectivity index (χ0v) is 16.8. The minimum Gasteiger partial charge on any atom is -0.508 e. The molecule has 4 aliphatic rings. The SMILES string of the molecule is CC12CCC(CC3CC3)C(Cc3ccc(O)cc31)C2NCC1CCNCC1. The van der Waals surface area contributed by atoms with Gasteiger partial charge in [0.05, 0.1) is 0 Å². The molecule has 3 heteroatoms. The summed E-state index contributed by atoms with van der Waals surface area (Å²) >= 11 is 0. The molecule has 2 saturated carbocycles. The van der Waals surface area contributed by atoms with Gasteiger partial charge in [-0.15, -0.1) is 0 Å². The topological polar surface area (TPSA) is 44.3 Å². The maximum atomic E-state index is 10.2. The molecule has 3 fully saturated rings. The maximum Gasteiger partial charge on any atom is 0.115 e. The van der Waals surface area contributed by atoms with Gasteiger partial charge in [-0.1, -0.05) is 25.8 Å². The first-order chi connectivity index (χ1) is 13.1. The minimum absolute atomic E-state index is 0.171. The maximum absolute atomic E-state index is 10.2. The van der Waals surface area contributed by atoms with E-state index in [1.54, 1.807) is 0 Å². The fourth-order valence-corrected chi connectivity index (χ4v) is 6.54. The van der Waals surface area contributed by atoms with Crippen LogP contribution in [0.15, 0.2) is 18.2 Å². The van der Waals surface area contributed by atoms with Gasteiger partial charge < -0.3 is 15.7 Å². The molecule has 5 rings (SSSR count). The third-order valence-electron chi connectivity index (χ3n) is 8.34. The molecule has 4 atom stereocenters.